The van der Waals surface area contributed by atoms with Crippen molar-refractivity contribution in [3.05, 3.63) is 0 Å². The standard InChI is InChI=1S/C10H20N2OS/c1-2-3-5-11-10(14)12-6-4-8-13-9-7-12/h2-9H2,1H3,(H,11,14). The van der Waals surface area contributed by atoms with Crippen LogP contribution in [0, 0.1) is 0 Å². The third kappa shape index (κ3) is 4.24. The summed E-state index contributed by atoms with van der Waals surface area (Å²) in [6.45, 7) is 6.80. The van der Waals surface area contributed by atoms with Crippen LogP contribution in [-0.2, 0) is 4.74 Å². The molecule has 1 aliphatic rings. The van der Waals surface area contributed by atoms with E-state index in [9.17, 15) is 0 Å². The first kappa shape index (κ1) is 11.7. The minimum Gasteiger partial charge on any atom is -0.380 e. The Kier molecular flexibility index (Phi) is 5.87. The molecule has 1 rings (SSSR count). The molecule has 0 unspecified atom stereocenters. The highest BCUT2D eigenvalue weighted by Gasteiger charge is 2.11. The van der Waals surface area contributed by atoms with Gasteiger partial charge in [-0.25, -0.2) is 0 Å². The van der Waals surface area contributed by atoms with Crippen LogP contribution >= 0.6 is 12.2 Å². The molecule has 0 amide bonds. The molecule has 1 fully saturated rings. The molecule has 0 spiro atoms. The van der Waals surface area contributed by atoms with Crippen molar-refractivity contribution in [2.75, 3.05) is 32.8 Å². The fourth-order valence-electron chi connectivity index (χ4n) is 1.43. The summed E-state index contributed by atoms with van der Waals surface area (Å²) in [6, 6.07) is 0. The van der Waals surface area contributed by atoms with Gasteiger partial charge in [0.05, 0.1) is 6.61 Å². The maximum absolute atomic E-state index is 5.37. The lowest BCUT2D eigenvalue weighted by atomic mass is 10.3. The topological polar surface area (TPSA) is 24.5 Å². The zero-order chi connectivity index (χ0) is 10.2. The number of ether oxygens (including phenoxy) is 1. The summed E-state index contributed by atoms with van der Waals surface area (Å²) in [5.41, 5.74) is 0. The highest BCUT2D eigenvalue weighted by molar-refractivity contribution is 7.80. The largest absolute Gasteiger partial charge is 0.380 e. The first-order valence-electron chi connectivity index (χ1n) is 5.45. The molecule has 0 aromatic carbocycles. The molecular formula is C10H20N2OS. The second-order valence-corrected chi connectivity index (χ2v) is 3.93. The van der Waals surface area contributed by atoms with Gasteiger partial charge in [-0.3, -0.25) is 0 Å². The maximum atomic E-state index is 5.37. The van der Waals surface area contributed by atoms with Gasteiger partial charge >= 0.3 is 0 Å². The molecular weight excluding hydrogens is 196 g/mol. The van der Waals surface area contributed by atoms with Crippen molar-refractivity contribution in [2.24, 2.45) is 0 Å². The van der Waals surface area contributed by atoms with E-state index in [0.29, 0.717) is 0 Å². The van der Waals surface area contributed by atoms with Crippen LogP contribution < -0.4 is 5.32 Å². The zero-order valence-corrected chi connectivity index (χ0v) is 9.74. The number of rotatable bonds is 3. The Morgan fingerprint density at radius 3 is 3.07 bits per heavy atom. The number of nitrogens with zero attached hydrogens (tertiary/aromatic N) is 1. The van der Waals surface area contributed by atoms with Crippen molar-refractivity contribution in [3.63, 3.8) is 0 Å². The van der Waals surface area contributed by atoms with Crippen LogP contribution in [0.3, 0.4) is 0 Å². The van der Waals surface area contributed by atoms with Crippen LogP contribution in [0.15, 0.2) is 0 Å². The molecule has 14 heavy (non-hydrogen) atoms. The molecule has 0 aliphatic carbocycles. The van der Waals surface area contributed by atoms with E-state index in [-0.39, 0.29) is 0 Å². The third-order valence-electron chi connectivity index (χ3n) is 2.32. The van der Waals surface area contributed by atoms with Gasteiger partial charge in [0.2, 0.25) is 0 Å². The van der Waals surface area contributed by atoms with Gasteiger partial charge in [0.1, 0.15) is 0 Å². The summed E-state index contributed by atoms with van der Waals surface area (Å²) in [4.78, 5) is 2.21. The molecule has 1 aliphatic heterocycles. The van der Waals surface area contributed by atoms with Gasteiger partial charge in [-0.05, 0) is 25.1 Å². The molecule has 0 aromatic rings. The number of unbranched alkanes of at least 4 members (excludes halogenated alkanes) is 1. The Balaban J connectivity index is 2.20. The fraction of sp³-hybridized carbons (Fsp3) is 0.900. The predicted octanol–water partition coefficient (Wildman–Crippen LogP) is 1.38. The average molecular weight is 216 g/mol. The normalized spacial score (nSPS) is 17.6. The van der Waals surface area contributed by atoms with Crippen LogP contribution in [0.1, 0.15) is 26.2 Å². The Morgan fingerprint density at radius 1 is 1.43 bits per heavy atom. The van der Waals surface area contributed by atoms with E-state index in [1.54, 1.807) is 0 Å². The van der Waals surface area contributed by atoms with Crippen LogP contribution in [0.25, 0.3) is 0 Å². The van der Waals surface area contributed by atoms with Gasteiger partial charge in [0.15, 0.2) is 5.11 Å². The van der Waals surface area contributed by atoms with Crippen LogP contribution in [0.5, 0.6) is 0 Å². The monoisotopic (exact) mass is 216 g/mol. The predicted molar refractivity (Wildman–Crippen MR) is 62.5 cm³/mol. The second kappa shape index (κ2) is 7.01. The summed E-state index contributed by atoms with van der Waals surface area (Å²) in [6.07, 6.45) is 3.47. The molecule has 0 atom stereocenters. The van der Waals surface area contributed by atoms with Gasteiger partial charge in [0.25, 0.3) is 0 Å². The van der Waals surface area contributed by atoms with Crippen LogP contribution in [0.2, 0.25) is 0 Å². The van der Waals surface area contributed by atoms with E-state index in [1.165, 1.54) is 12.8 Å². The maximum Gasteiger partial charge on any atom is 0.169 e. The van der Waals surface area contributed by atoms with E-state index in [4.69, 9.17) is 17.0 Å². The van der Waals surface area contributed by atoms with Gasteiger partial charge in [0, 0.05) is 26.2 Å². The number of thiocarbonyl (C=S) groups is 1. The second-order valence-electron chi connectivity index (χ2n) is 3.54. The molecule has 1 heterocycles. The van der Waals surface area contributed by atoms with Gasteiger partial charge in [-0.1, -0.05) is 13.3 Å². The Bertz CT molecular complexity index is 168. The van der Waals surface area contributed by atoms with Gasteiger partial charge in [-0.15, -0.1) is 0 Å². The van der Waals surface area contributed by atoms with E-state index in [2.05, 4.69) is 17.1 Å². The number of hydrogen-bond donors (Lipinski definition) is 1. The minimum absolute atomic E-state index is 0.801. The number of nitrogens with one attached hydrogen (secondary N) is 1. The summed E-state index contributed by atoms with van der Waals surface area (Å²) < 4.78 is 5.37. The van der Waals surface area contributed by atoms with Crippen molar-refractivity contribution < 1.29 is 4.74 Å². The first-order valence-corrected chi connectivity index (χ1v) is 5.86. The van der Waals surface area contributed by atoms with Crippen molar-refractivity contribution >= 4 is 17.3 Å². The molecule has 0 saturated carbocycles. The molecule has 0 aromatic heterocycles. The van der Waals surface area contributed by atoms with Crippen molar-refractivity contribution in [1.82, 2.24) is 10.2 Å². The van der Waals surface area contributed by atoms with E-state index in [0.717, 1.165) is 44.4 Å². The van der Waals surface area contributed by atoms with Gasteiger partial charge in [-0.2, -0.15) is 0 Å². The minimum atomic E-state index is 0.801. The van der Waals surface area contributed by atoms with E-state index < -0.39 is 0 Å². The summed E-state index contributed by atoms with van der Waals surface area (Å²) in [7, 11) is 0. The molecule has 1 N–H and O–H groups in total. The van der Waals surface area contributed by atoms with Crippen LogP contribution in [0.4, 0.5) is 0 Å². The highest BCUT2D eigenvalue weighted by Crippen LogP contribution is 1.99. The van der Waals surface area contributed by atoms with Crippen LogP contribution in [-0.4, -0.2) is 42.9 Å². The number of hydrogen-bond acceptors (Lipinski definition) is 2. The Labute approximate surface area is 91.8 Å². The molecule has 0 bridgehead atoms. The Morgan fingerprint density at radius 2 is 2.29 bits per heavy atom. The quantitative estimate of drug-likeness (QED) is 0.569. The lowest BCUT2D eigenvalue weighted by Gasteiger charge is -2.23. The summed E-state index contributed by atoms with van der Waals surface area (Å²) >= 11 is 5.31. The van der Waals surface area contributed by atoms with Gasteiger partial charge < -0.3 is 15.0 Å². The molecule has 3 nitrogen and oxygen atoms in total. The first-order chi connectivity index (χ1) is 6.84. The highest BCUT2D eigenvalue weighted by atomic mass is 32.1. The third-order valence-corrected chi connectivity index (χ3v) is 2.72. The molecule has 4 heteroatoms. The lowest BCUT2D eigenvalue weighted by Crippen LogP contribution is -2.41. The van der Waals surface area contributed by atoms with Crippen molar-refractivity contribution in [1.29, 1.82) is 0 Å². The zero-order valence-electron chi connectivity index (χ0n) is 8.92. The van der Waals surface area contributed by atoms with E-state index >= 15 is 0 Å². The van der Waals surface area contributed by atoms with E-state index in [1.807, 2.05) is 0 Å². The lowest BCUT2D eigenvalue weighted by molar-refractivity contribution is 0.147. The molecule has 82 valence electrons. The Hall–Kier alpha value is -0.350. The molecule has 1 saturated heterocycles. The average Bonchev–Trinajstić information content (AvgIpc) is 2.46. The fourth-order valence-corrected chi connectivity index (χ4v) is 1.72. The summed E-state index contributed by atoms with van der Waals surface area (Å²) in [5.74, 6) is 0. The van der Waals surface area contributed by atoms with Crippen molar-refractivity contribution in [3.8, 4) is 0 Å². The smallest absolute Gasteiger partial charge is 0.169 e. The van der Waals surface area contributed by atoms with Crippen molar-refractivity contribution in [2.45, 2.75) is 26.2 Å². The summed E-state index contributed by atoms with van der Waals surface area (Å²) in [5, 5.41) is 4.18. The SMILES string of the molecule is CCCCNC(=S)N1CCCOCC1. The molecule has 0 radical (unpaired) electrons.